The molecule has 2 aliphatic carbocycles. The monoisotopic (exact) mass is 224 g/mol. The van der Waals surface area contributed by atoms with E-state index in [1.165, 1.54) is 19.3 Å². The van der Waals surface area contributed by atoms with Crippen LogP contribution in [0, 0.1) is 17.8 Å². The van der Waals surface area contributed by atoms with Gasteiger partial charge in [0.1, 0.15) is 0 Å². The second kappa shape index (κ2) is 4.74. The van der Waals surface area contributed by atoms with Gasteiger partial charge >= 0.3 is 0 Å². The Bertz CT molecular complexity index is 267. The van der Waals surface area contributed by atoms with Crippen molar-refractivity contribution in [3.8, 4) is 0 Å². The van der Waals surface area contributed by atoms with Crippen LogP contribution in [-0.4, -0.2) is 30.4 Å². The minimum atomic E-state index is 0.289. The Morgan fingerprint density at radius 2 is 2.19 bits per heavy atom. The Morgan fingerprint density at radius 3 is 2.69 bits per heavy atom. The van der Waals surface area contributed by atoms with E-state index in [-0.39, 0.29) is 6.04 Å². The van der Waals surface area contributed by atoms with Crippen LogP contribution >= 0.6 is 0 Å². The smallest absolute Gasteiger partial charge is 0.225 e. The number of carbonyl (C=O) groups is 1. The standard InChI is InChI=1S/C13H24N2O/c1-9(5-6-14)15(2)13(16)12-8-10-3-4-11(12)7-10/h9-12H,3-8,14H2,1-2H3. The zero-order valence-electron chi connectivity index (χ0n) is 10.5. The van der Waals surface area contributed by atoms with E-state index in [4.69, 9.17) is 5.73 Å². The number of hydrogen-bond donors (Lipinski definition) is 1. The van der Waals surface area contributed by atoms with Gasteiger partial charge in [0, 0.05) is 19.0 Å². The van der Waals surface area contributed by atoms with Gasteiger partial charge in [0.05, 0.1) is 0 Å². The van der Waals surface area contributed by atoms with E-state index in [1.54, 1.807) is 0 Å². The molecule has 2 saturated carbocycles. The van der Waals surface area contributed by atoms with Crippen LogP contribution in [0.15, 0.2) is 0 Å². The highest BCUT2D eigenvalue weighted by atomic mass is 16.2. The summed E-state index contributed by atoms with van der Waals surface area (Å²) in [5, 5.41) is 0. The van der Waals surface area contributed by atoms with Crippen LogP contribution in [0.3, 0.4) is 0 Å². The van der Waals surface area contributed by atoms with Crippen molar-refractivity contribution in [2.24, 2.45) is 23.5 Å². The molecular weight excluding hydrogens is 200 g/mol. The third kappa shape index (κ3) is 2.10. The van der Waals surface area contributed by atoms with Gasteiger partial charge in [-0.3, -0.25) is 4.79 Å². The minimum absolute atomic E-state index is 0.289. The molecule has 3 nitrogen and oxygen atoms in total. The molecule has 0 aromatic rings. The Kier molecular flexibility index (Phi) is 3.53. The van der Waals surface area contributed by atoms with Gasteiger partial charge in [-0.05, 0) is 51.0 Å². The fourth-order valence-electron chi connectivity index (χ4n) is 3.46. The van der Waals surface area contributed by atoms with Crippen LogP contribution < -0.4 is 5.73 Å². The van der Waals surface area contributed by atoms with Crippen molar-refractivity contribution in [1.29, 1.82) is 0 Å². The van der Waals surface area contributed by atoms with Gasteiger partial charge < -0.3 is 10.6 Å². The Morgan fingerprint density at radius 1 is 1.44 bits per heavy atom. The lowest BCUT2D eigenvalue weighted by atomic mass is 9.87. The van der Waals surface area contributed by atoms with E-state index < -0.39 is 0 Å². The van der Waals surface area contributed by atoms with Crippen molar-refractivity contribution in [1.82, 2.24) is 4.90 Å². The third-order valence-corrected chi connectivity index (χ3v) is 4.65. The van der Waals surface area contributed by atoms with Crippen molar-refractivity contribution in [3.63, 3.8) is 0 Å². The van der Waals surface area contributed by atoms with E-state index in [0.29, 0.717) is 24.3 Å². The summed E-state index contributed by atoms with van der Waals surface area (Å²) >= 11 is 0. The van der Waals surface area contributed by atoms with Crippen molar-refractivity contribution in [2.75, 3.05) is 13.6 Å². The maximum absolute atomic E-state index is 12.3. The van der Waals surface area contributed by atoms with Crippen LogP contribution in [0.4, 0.5) is 0 Å². The number of fused-ring (bicyclic) bond motifs is 2. The molecule has 2 bridgehead atoms. The Balaban J connectivity index is 1.92. The molecule has 0 aromatic heterocycles. The van der Waals surface area contributed by atoms with Crippen molar-refractivity contribution >= 4 is 5.91 Å². The van der Waals surface area contributed by atoms with Crippen LogP contribution in [0.5, 0.6) is 0 Å². The summed E-state index contributed by atoms with van der Waals surface area (Å²) in [4.78, 5) is 14.3. The number of nitrogens with zero attached hydrogens (tertiary/aromatic N) is 1. The van der Waals surface area contributed by atoms with Gasteiger partial charge in [0.25, 0.3) is 0 Å². The minimum Gasteiger partial charge on any atom is -0.343 e. The summed E-state index contributed by atoms with van der Waals surface area (Å²) in [7, 11) is 1.94. The molecule has 0 aliphatic heterocycles. The van der Waals surface area contributed by atoms with Gasteiger partial charge in [-0.1, -0.05) is 6.42 Å². The fraction of sp³-hybridized carbons (Fsp3) is 0.923. The summed E-state index contributed by atoms with van der Waals surface area (Å²) in [6.07, 6.45) is 5.98. The zero-order valence-corrected chi connectivity index (χ0v) is 10.5. The average molecular weight is 224 g/mol. The maximum Gasteiger partial charge on any atom is 0.225 e. The molecule has 2 N–H and O–H groups in total. The van der Waals surface area contributed by atoms with Crippen molar-refractivity contribution in [3.05, 3.63) is 0 Å². The molecular formula is C13H24N2O. The van der Waals surface area contributed by atoms with E-state index in [1.807, 2.05) is 11.9 Å². The van der Waals surface area contributed by atoms with Gasteiger partial charge in [0.2, 0.25) is 5.91 Å². The molecule has 3 heteroatoms. The van der Waals surface area contributed by atoms with E-state index in [0.717, 1.165) is 18.8 Å². The van der Waals surface area contributed by atoms with Gasteiger partial charge in [-0.15, -0.1) is 0 Å². The number of nitrogens with two attached hydrogens (primary N) is 1. The first kappa shape index (κ1) is 11.9. The highest BCUT2D eigenvalue weighted by Gasteiger charge is 2.44. The molecule has 0 spiro atoms. The molecule has 4 atom stereocenters. The normalized spacial score (nSPS) is 34.1. The molecule has 0 saturated heterocycles. The van der Waals surface area contributed by atoms with E-state index in [2.05, 4.69) is 6.92 Å². The molecule has 2 fully saturated rings. The summed E-state index contributed by atoms with van der Waals surface area (Å²) in [5.74, 6) is 2.22. The average Bonchev–Trinajstić information content (AvgIpc) is 2.89. The highest BCUT2D eigenvalue weighted by Crippen LogP contribution is 2.48. The van der Waals surface area contributed by atoms with Crippen LogP contribution in [-0.2, 0) is 4.79 Å². The van der Waals surface area contributed by atoms with Crippen LogP contribution in [0.1, 0.15) is 39.0 Å². The zero-order chi connectivity index (χ0) is 11.7. The van der Waals surface area contributed by atoms with Crippen molar-refractivity contribution < 1.29 is 4.79 Å². The van der Waals surface area contributed by atoms with E-state index in [9.17, 15) is 4.79 Å². The predicted octanol–water partition coefficient (Wildman–Crippen LogP) is 1.62. The van der Waals surface area contributed by atoms with E-state index >= 15 is 0 Å². The molecule has 2 aliphatic rings. The molecule has 0 aromatic carbocycles. The first-order chi connectivity index (χ1) is 7.63. The lowest BCUT2D eigenvalue weighted by Gasteiger charge is -2.30. The number of carbonyl (C=O) groups excluding carboxylic acids is 1. The number of amides is 1. The highest BCUT2D eigenvalue weighted by molar-refractivity contribution is 5.79. The fourth-order valence-corrected chi connectivity index (χ4v) is 3.46. The van der Waals surface area contributed by atoms with Crippen LogP contribution in [0.25, 0.3) is 0 Å². The van der Waals surface area contributed by atoms with Gasteiger partial charge in [-0.2, -0.15) is 0 Å². The molecule has 0 heterocycles. The van der Waals surface area contributed by atoms with Crippen molar-refractivity contribution in [2.45, 2.75) is 45.1 Å². The molecule has 2 rings (SSSR count). The summed E-state index contributed by atoms with van der Waals surface area (Å²) < 4.78 is 0. The molecule has 4 unspecified atom stereocenters. The van der Waals surface area contributed by atoms with Crippen LogP contribution in [0.2, 0.25) is 0 Å². The molecule has 92 valence electrons. The second-order valence-electron chi connectivity index (χ2n) is 5.66. The lowest BCUT2D eigenvalue weighted by Crippen LogP contribution is -2.41. The quantitative estimate of drug-likeness (QED) is 0.788. The predicted molar refractivity (Wildman–Crippen MR) is 64.8 cm³/mol. The maximum atomic E-state index is 12.3. The Labute approximate surface area is 98.4 Å². The topological polar surface area (TPSA) is 46.3 Å². The first-order valence-electron chi connectivity index (χ1n) is 6.60. The summed E-state index contributed by atoms with van der Waals surface area (Å²) in [5.41, 5.74) is 5.54. The van der Waals surface area contributed by atoms with Gasteiger partial charge in [-0.25, -0.2) is 0 Å². The summed E-state index contributed by atoms with van der Waals surface area (Å²) in [6, 6.07) is 0.289. The SMILES string of the molecule is CC(CCN)N(C)C(=O)C1CC2CCC1C2. The molecule has 1 amide bonds. The second-order valence-corrected chi connectivity index (χ2v) is 5.66. The summed E-state index contributed by atoms with van der Waals surface area (Å²) in [6.45, 7) is 2.76. The Hall–Kier alpha value is -0.570. The molecule has 0 radical (unpaired) electrons. The number of hydrogen-bond acceptors (Lipinski definition) is 2. The first-order valence-corrected chi connectivity index (χ1v) is 6.60. The lowest BCUT2D eigenvalue weighted by molar-refractivity contribution is -0.137. The number of rotatable bonds is 4. The molecule has 16 heavy (non-hydrogen) atoms. The third-order valence-electron chi connectivity index (χ3n) is 4.65. The largest absolute Gasteiger partial charge is 0.343 e. The van der Waals surface area contributed by atoms with Gasteiger partial charge in [0.15, 0.2) is 0 Å².